The van der Waals surface area contributed by atoms with Gasteiger partial charge in [-0.15, -0.1) is 0 Å². The van der Waals surface area contributed by atoms with Crippen LogP contribution in [0.2, 0.25) is 5.02 Å². The molecule has 4 heteroatoms. The van der Waals surface area contributed by atoms with Crippen LogP contribution < -0.4 is 10.1 Å². The van der Waals surface area contributed by atoms with E-state index in [9.17, 15) is 5.11 Å². The highest BCUT2D eigenvalue weighted by atomic mass is 35.5. The summed E-state index contributed by atoms with van der Waals surface area (Å²) in [5.74, 6) is 0.599. The maximum Gasteiger partial charge on any atom is 0.138 e. The molecule has 84 valence electrons. The smallest absolute Gasteiger partial charge is 0.138 e. The fourth-order valence-corrected chi connectivity index (χ4v) is 1.60. The maximum atomic E-state index is 9.79. The Morgan fingerprint density at radius 1 is 1.53 bits per heavy atom. The average Bonchev–Trinajstić information content (AvgIpc) is 2.22. The maximum absolute atomic E-state index is 9.79. The molecule has 0 radical (unpaired) electrons. The number of methoxy groups -OCH3 is 1. The summed E-state index contributed by atoms with van der Waals surface area (Å²) in [7, 11) is 3.36. The van der Waals surface area contributed by atoms with Gasteiger partial charge in [-0.25, -0.2) is 0 Å². The average molecular weight is 230 g/mol. The van der Waals surface area contributed by atoms with Crippen molar-refractivity contribution in [3.05, 3.63) is 28.3 Å². The molecule has 0 aliphatic carbocycles. The Kier molecular flexibility index (Phi) is 4.39. The van der Waals surface area contributed by atoms with E-state index >= 15 is 0 Å². The fraction of sp³-hybridized carbons (Fsp3) is 0.455. The third-order valence-electron chi connectivity index (χ3n) is 2.25. The molecule has 0 aromatic heterocycles. The molecule has 1 atom stereocenters. The van der Waals surface area contributed by atoms with E-state index < -0.39 is 6.10 Å². The minimum absolute atomic E-state index is 0.504. The van der Waals surface area contributed by atoms with Gasteiger partial charge in [0.1, 0.15) is 5.75 Å². The molecule has 1 unspecified atom stereocenters. The van der Waals surface area contributed by atoms with Gasteiger partial charge in [0.25, 0.3) is 0 Å². The lowest BCUT2D eigenvalue weighted by atomic mass is 10.1. The zero-order valence-electron chi connectivity index (χ0n) is 9.17. The Hall–Kier alpha value is -0.770. The second-order valence-electron chi connectivity index (χ2n) is 3.43. The molecular weight excluding hydrogens is 214 g/mol. The third-order valence-corrected chi connectivity index (χ3v) is 2.73. The molecule has 0 amide bonds. The molecule has 0 fully saturated rings. The lowest BCUT2D eigenvalue weighted by Crippen LogP contribution is -2.16. The van der Waals surface area contributed by atoms with Crippen molar-refractivity contribution in [1.82, 2.24) is 5.32 Å². The van der Waals surface area contributed by atoms with Crippen LogP contribution in [0, 0.1) is 6.92 Å². The number of hydrogen-bond donors (Lipinski definition) is 2. The van der Waals surface area contributed by atoms with Gasteiger partial charge in [-0.2, -0.15) is 0 Å². The number of benzene rings is 1. The molecule has 0 aliphatic heterocycles. The number of nitrogens with one attached hydrogen (secondary N) is 1. The molecule has 0 heterocycles. The van der Waals surface area contributed by atoms with Gasteiger partial charge >= 0.3 is 0 Å². The second-order valence-corrected chi connectivity index (χ2v) is 3.81. The number of aliphatic hydroxyl groups excluding tert-OH is 1. The molecule has 1 aromatic carbocycles. The standard InChI is InChI=1S/C11H16ClNO2/c1-7-4-8(9(14)6-13-2)5-10(15-3)11(7)12/h4-5,9,13-14H,6H2,1-3H3. The van der Waals surface area contributed by atoms with E-state index in [4.69, 9.17) is 16.3 Å². The van der Waals surface area contributed by atoms with Gasteiger partial charge in [0.2, 0.25) is 0 Å². The van der Waals surface area contributed by atoms with Crippen molar-refractivity contribution in [2.24, 2.45) is 0 Å². The van der Waals surface area contributed by atoms with Gasteiger partial charge in [0.05, 0.1) is 18.2 Å². The molecule has 3 nitrogen and oxygen atoms in total. The van der Waals surface area contributed by atoms with Gasteiger partial charge in [-0.3, -0.25) is 0 Å². The van der Waals surface area contributed by atoms with Gasteiger partial charge < -0.3 is 15.2 Å². The minimum Gasteiger partial charge on any atom is -0.495 e. The van der Waals surface area contributed by atoms with Crippen molar-refractivity contribution in [3.63, 3.8) is 0 Å². The van der Waals surface area contributed by atoms with E-state index in [0.717, 1.165) is 11.1 Å². The number of aryl methyl sites for hydroxylation is 1. The predicted molar refractivity (Wildman–Crippen MR) is 61.6 cm³/mol. The zero-order valence-corrected chi connectivity index (χ0v) is 9.93. The summed E-state index contributed by atoms with van der Waals surface area (Å²) in [6.45, 7) is 2.39. The minimum atomic E-state index is -0.542. The Morgan fingerprint density at radius 2 is 2.20 bits per heavy atom. The SMILES string of the molecule is CNCC(O)c1cc(C)c(Cl)c(OC)c1. The number of rotatable bonds is 4. The number of aliphatic hydroxyl groups is 1. The van der Waals surface area contributed by atoms with Crippen molar-refractivity contribution in [2.45, 2.75) is 13.0 Å². The molecule has 1 aromatic rings. The first kappa shape index (κ1) is 12.3. The largest absolute Gasteiger partial charge is 0.495 e. The lowest BCUT2D eigenvalue weighted by Gasteiger charge is -2.14. The Labute approximate surface area is 95.0 Å². The van der Waals surface area contributed by atoms with Crippen LogP contribution in [0.1, 0.15) is 17.2 Å². The molecule has 2 N–H and O–H groups in total. The predicted octanol–water partition coefficient (Wildman–Crippen LogP) is 1.91. The fourth-order valence-electron chi connectivity index (χ4n) is 1.42. The highest BCUT2D eigenvalue weighted by Gasteiger charge is 2.12. The number of likely N-dealkylation sites (N-methyl/N-ethyl adjacent to an activating group) is 1. The molecule has 0 saturated carbocycles. The molecule has 0 bridgehead atoms. The molecule has 15 heavy (non-hydrogen) atoms. The van der Waals surface area contributed by atoms with Crippen LogP contribution in [-0.4, -0.2) is 25.8 Å². The van der Waals surface area contributed by atoms with E-state index in [0.29, 0.717) is 17.3 Å². The molecule has 0 saturated heterocycles. The van der Waals surface area contributed by atoms with Gasteiger partial charge in [0, 0.05) is 6.54 Å². The Morgan fingerprint density at radius 3 is 2.73 bits per heavy atom. The summed E-state index contributed by atoms with van der Waals surface area (Å²) in [4.78, 5) is 0. The normalized spacial score (nSPS) is 12.6. The van der Waals surface area contributed by atoms with E-state index in [2.05, 4.69) is 5.32 Å². The van der Waals surface area contributed by atoms with Crippen molar-refractivity contribution in [2.75, 3.05) is 20.7 Å². The van der Waals surface area contributed by atoms with E-state index in [1.165, 1.54) is 0 Å². The lowest BCUT2D eigenvalue weighted by molar-refractivity contribution is 0.177. The first-order valence-corrected chi connectivity index (χ1v) is 5.14. The van der Waals surface area contributed by atoms with Crippen LogP contribution >= 0.6 is 11.6 Å². The quantitative estimate of drug-likeness (QED) is 0.829. The molecule has 1 rings (SSSR count). The zero-order chi connectivity index (χ0) is 11.4. The Balaban J connectivity index is 3.05. The van der Waals surface area contributed by atoms with Crippen LogP contribution in [0.15, 0.2) is 12.1 Å². The van der Waals surface area contributed by atoms with Crippen molar-refractivity contribution >= 4 is 11.6 Å². The third kappa shape index (κ3) is 2.84. The van der Waals surface area contributed by atoms with Crippen LogP contribution in [0.3, 0.4) is 0 Å². The molecular formula is C11H16ClNO2. The monoisotopic (exact) mass is 229 g/mol. The number of hydrogen-bond acceptors (Lipinski definition) is 3. The Bertz CT molecular complexity index is 342. The second kappa shape index (κ2) is 5.35. The first-order valence-electron chi connectivity index (χ1n) is 4.76. The highest BCUT2D eigenvalue weighted by molar-refractivity contribution is 6.32. The van der Waals surface area contributed by atoms with E-state index in [-0.39, 0.29) is 0 Å². The van der Waals surface area contributed by atoms with Gasteiger partial charge in [0.15, 0.2) is 0 Å². The van der Waals surface area contributed by atoms with Crippen molar-refractivity contribution in [3.8, 4) is 5.75 Å². The summed E-state index contributed by atoms with van der Waals surface area (Å²) >= 11 is 6.02. The number of ether oxygens (including phenoxy) is 1. The topological polar surface area (TPSA) is 41.5 Å². The number of halogens is 1. The molecule has 0 spiro atoms. The highest BCUT2D eigenvalue weighted by Crippen LogP contribution is 2.31. The van der Waals surface area contributed by atoms with E-state index in [1.54, 1.807) is 20.2 Å². The summed E-state index contributed by atoms with van der Waals surface area (Å²) < 4.78 is 5.13. The summed E-state index contributed by atoms with van der Waals surface area (Å²) in [6, 6.07) is 3.63. The first-order chi connectivity index (χ1) is 7.10. The van der Waals surface area contributed by atoms with Crippen LogP contribution in [0.5, 0.6) is 5.75 Å². The van der Waals surface area contributed by atoms with Gasteiger partial charge in [-0.1, -0.05) is 17.7 Å². The van der Waals surface area contributed by atoms with E-state index in [1.807, 2.05) is 13.0 Å². The van der Waals surface area contributed by atoms with Crippen LogP contribution in [-0.2, 0) is 0 Å². The summed E-state index contributed by atoms with van der Waals surface area (Å²) in [5, 5.41) is 13.3. The summed E-state index contributed by atoms with van der Waals surface area (Å²) in [6.07, 6.45) is -0.542. The van der Waals surface area contributed by atoms with Gasteiger partial charge in [-0.05, 0) is 31.2 Å². The van der Waals surface area contributed by atoms with Crippen LogP contribution in [0.4, 0.5) is 0 Å². The van der Waals surface area contributed by atoms with Crippen molar-refractivity contribution < 1.29 is 9.84 Å². The summed E-state index contributed by atoms with van der Waals surface area (Å²) in [5.41, 5.74) is 1.71. The van der Waals surface area contributed by atoms with Crippen molar-refractivity contribution in [1.29, 1.82) is 0 Å². The molecule has 0 aliphatic rings. The van der Waals surface area contributed by atoms with Crippen LogP contribution in [0.25, 0.3) is 0 Å².